The maximum absolute atomic E-state index is 13.5. The molecule has 0 amide bonds. The molecular weight excluding hydrogens is 364 g/mol. The van der Waals surface area contributed by atoms with Crippen LogP contribution in [0.2, 0.25) is 0 Å². The summed E-state index contributed by atoms with van der Waals surface area (Å²) in [6, 6.07) is 16.2. The van der Waals surface area contributed by atoms with Crippen LogP contribution in [0.5, 0.6) is 0 Å². The molecule has 2 aromatic heterocycles. The Morgan fingerprint density at radius 1 is 1.04 bits per heavy atom. The summed E-state index contributed by atoms with van der Waals surface area (Å²) in [6.07, 6.45) is 5.59. The van der Waals surface area contributed by atoms with Gasteiger partial charge in [-0.2, -0.15) is 0 Å². The van der Waals surface area contributed by atoms with Crippen LogP contribution in [0.3, 0.4) is 0 Å². The molecule has 2 heterocycles. The minimum absolute atomic E-state index is 0.0839. The van der Waals surface area contributed by atoms with Crippen LogP contribution in [0.15, 0.2) is 53.3 Å². The lowest BCUT2D eigenvalue weighted by Crippen LogP contribution is -2.23. The summed E-state index contributed by atoms with van der Waals surface area (Å²) < 4.78 is 1.61. The quantitative estimate of drug-likeness (QED) is 0.446. The molecule has 0 fully saturated rings. The summed E-state index contributed by atoms with van der Waals surface area (Å²) >= 11 is 1.56. The van der Waals surface area contributed by atoms with E-state index in [1.54, 1.807) is 15.9 Å². The number of rotatable bonds is 3. The van der Waals surface area contributed by atoms with Crippen molar-refractivity contribution >= 4 is 21.6 Å². The molecule has 138 valence electrons. The van der Waals surface area contributed by atoms with Crippen LogP contribution in [0.25, 0.3) is 32.7 Å². The molecule has 2 aromatic carbocycles. The van der Waals surface area contributed by atoms with Crippen LogP contribution in [0.4, 0.5) is 0 Å². The highest BCUT2D eigenvalue weighted by Gasteiger charge is 2.20. The van der Waals surface area contributed by atoms with E-state index in [0.717, 1.165) is 32.0 Å². The normalized spacial score (nSPS) is 10.9. The summed E-state index contributed by atoms with van der Waals surface area (Å²) in [5.74, 6) is 3.24. The maximum atomic E-state index is 13.5. The van der Waals surface area contributed by atoms with Crippen LogP contribution in [-0.4, -0.2) is 9.55 Å². The highest BCUT2D eigenvalue weighted by Crippen LogP contribution is 2.36. The van der Waals surface area contributed by atoms with Gasteiger partial charge in [0.05, 0.1) is 11.9 Å². The number of fused-ring (bicyclic) bond motifs is 1. The number of hydrogen-bond donors (Lipinski definition) is 0. The van der Waals surface area contributed by atoms with Gasteiger partial charge in [0.1, 0.15) is 10.7 Å². The zero-order valence-electron chi connectivity index (χ0n) is 16.1. The van der Waals surface area contributed by atoms with Gasteiger partial charge in [-0.15, -0.1) is 17.8 Å². The summed E-state index contributed by atoms with van der Waals surface area (Å²) in [5.41, 5.74) is 5.10. The Labute approximate surface area is 168 Å². The van der Waals surface area contributed by atoms with Gasteiger partial charge in [-0.1, -0.05) is 59.5 Å². The van der Waals surface area contributed by atoms with E-state index in [2.05, 4.69) is 37.1 Å². The fourth-order valence-electron chi connectivity index (χ4n) is 3.51. The molecular formula is C24H20N2OS. The van der Waals surface area contributed by atoms with E-state index in [4.69, 9.17) is 11.4 Å². The highest BCUT2D eigenvalue weighted by molar-refractivity contribution is 7.19. The Bertz CT molecular complexity index is 1290. The lowest BCUT2D eigenvalue weighted by atomic mass is 10.0. The summed E-state index contributed by atoms with van der Waals surface area (Å²) in [5, 5.41) is 0.651. The number of nitrogens with zero attached hydrogens (tertiary/aromatic N) is 2. The molecule has 4 rings (SSSR count). The third kappa shape index (κ3) is 3.04. The molecule has 4 heteroatoms. The maximum Gasteiger partial charge on any atom is 0.264 e. The number of aryl methyl sites for hydroxylation is 3. The fraction of sp³-hybridized carbons (Fsp3) is 0.167. The Kier molecular flexibility index (Phi) is 4.62. The molecule has 0 unspecified atom stereocenters. The van der Waals surface area contributed by atoms with Crippen molar-refractivity contribution in [2.24, 2.45) is 0 Å². The first-order valence-corrected chi connectivity index (χ1v) is 9.92. The first-order valence-electron chi connectivity index (χ1n) is 9.11. The molecule has 0 aliphatic carbocycles. The van der Waals surface area contributed by atoms with Gasteiger partial charge in [-0.05, 0) is 32.4 Å². The van der Waals surface area contributed by atoms with Crippen molar-refractivity contribution in [3.8, 4) is 34.9 Å². The number of aromatic nitrogens is 2. The molecule has 0 spiro atoms. The largest absolute Gasteiger partial charge is 0.280 e. The molecule has 28 heavy (non-hydrogen) atoms. The smallest absolute Gasteiger partial charge is 0.264 e. The average molecular weight is 385 g/mol. The van der Waals surface area contributed by atoms with E-state index >= 15 is 0 Å². The first-order chi connectivity index (χ1) is 13.5. The van der Waals surface area contributed by atoms with Gasteiger partial charge in [0.25, 0.3) is 5.56 Å². The predicted molar refractivity (Wildman–Crippen MR) is 118 cm³/mol. The molecule has 3 nitrogen and oxygen atoms in total. The second-order valence-corrected chi connectivity index (χ2v) is 8.18. The first kappa shape index (κ1) is 18.2. The molecule has 0 saturated heterocycles. The summed E-state index contributed by atoms with van der Waals surface area (Å²) in [7, 11) is 0. The van der Waals surface area contributed by atoms with Gasteiger partial charge in [-0.25, -0.2) is 4.98 Å². The molecule has 0 bridgehead atoms. The third-order valence-corrected chi connectivity index (χ3v) is 5.85. The lowest BCUT2D eigenvalue weighted by Gasteiger charge is -2.11. The Hall–Kier alpha value is -3.16. The van der Waals surface area contributed by atoms with Crippen molar-refractivity contribution < 1.29 is 0 Å². The second-order valence-electron chi connectivity index (χ2n) is 6.98. The van der Waals surface area contributed by atoms with Gasteiger partial charge in [0.15, 0.2) is 0 Å². The van der Waals surface area contributed by atoms with E-state index in [1.807, 2.05) is 38.1 Å². The summed E-state index contributed by atoms with van der Waals surface area (Å²) in [4.78, 5) is 20.2. The van der Waals surface area contributed by atoms with Gasteiger partial charge < -0.3 is 0 Å². The number of thiophene rings is 1. The molecule has 0 aliphatic rings. The van der Waals surface area contributed by atoms with Crippen LogP contribution in [-0.2, 0) is 6.54 Å². The van der Waals surface area contributed by atoms with Crippen molar-refractivity contribution in [3.05, 3.63) is 74.9 Å². The van der Waals surface area contributed by atoms with E-state index < -0.39 is 0 Å². The van der Waals surface area contributed by atoms with Crippen molar-refractivity contribution in [2.45, 2.75) is 27.3 Å². The van der Waals surface area contributed by atoms with E-state index in [0.29, 0.717) is 11.2 Å². The van der Waals surface area contributed by atoms with Crippen molar-refractivity contribution in [1.29, 1.82) is 0 Å². The lowest BCUT2D eigenvalue weighted by molar-refractivity contribution is 0.796. The minimum atomic E-state index is -0.0839. The van der Waals surface area contributed by atoms with Crippen LogP contribution in [0, 0.1) is 33.1 Å². The third-order valence-electron chi connectivity index (χ3n) is 4.85. The van der Waals surface area contributed by atoms with E-state index in [9.17, 15) is 4.79 Å². The van der Waals surface area contributed by atoms with Crippen molar-refractivity contribution in [1.82, 2.24) is 9.55 Å². The number of hydrogen-bond acceptors (Lipinski definition) is 3. The van der Waals surface area contributed by atoms with Gasteiger partial charge in [0, 0.05) is 16.0 Å². The molecule has 0 saturated carbocycles. The van der Waals surface area contributed by atoms with Gasteiger partial charge in [0.2, 0.25) is 0 Å². The number of benzene rings is 2. The molecule has 4 aromatic rings. The molecule has 0 aliphatic heterocycles. The molecule has 0 radical (unpaired) electrons. The highest BCUT2D eigenvalue weighted by atomic mass is 32.1. The Balaban J connectivity index is 2.06. The monoisotopic (exact) mass is 384 g/mol. The van der Waals surface area contributed by atoms with E-state index in [-0.39, 0.29) is 12.1 Å². The van der Waals surface area contributed by atoms with Gasteiger partial charge >= 0.3 is 0 Å². The Morgan fingerprint density at radius 2 is 1.79 bits per heavy atom. The van der Waals surface area contributed by atoms with Crippen LogP contribution < -0.4 is 5.56 Å². The average Bonchev–Trinajstić information content (AvgIpc) is 3.01. The Morgan fingerprint density at radius 3 is 2.46 bits per heavy atom. The molecule has 0 N–H and O–H groups in total. The van der Waals surface area contributed by atoms with Crippen LogP contribution >= 0.6 is 11.3 Å². The van der Waals surface area contributed by atoms with Gasteiger partial charge in [-0.3, -0.25) is 9.36 Å². The van der Waals surface area contributed by atoms with E-state index in [1.165, 1.54) is 5.56 Å². The standard InChI is InChI=1S/C24H20N2OS/c1-5-13-26-22(19-8-6-7-16(3)14-19)25-23-21(24(26)27)20(17(4)28-23)18-11-9-15(2)10-12-18/h1,6-12,14H,13H2,2-4H3. The fourth-order valence-corrected chi connectivity index (χ4v) is 4.54. The van der Waals surface area contributed by atoms with Crippen molar-refractivity contribution in [3.63, 3.8) is 0 Å². The summed E-state index contributed by atoms with van der Waals surface area (Å²) in [6.45, 7) is 6.31. The number of terminal acetylenes is 1. The predicted octanol–water partition coefficient (Wildman–Crippen LogP) is 5.35. The minimum Gasteiger partial charge on any atom is -0.280 e. The zero-order valence-corrected chi connectivity index (χ0v) is 16.9. The van der Waals surface area contributed by atoms with Crippen molar-refractivity contribution in [2.75, 3.05) is 0 Å². The van der Waals surface area contributed by atoms with Crippen LogP contribution in [0.1, 0.15) is 16.0 Å². The zero-order chi connectivity index (χ0) is 19.8. The molecule has 0 atom stereocenters. The second kappa shape index (κ2) is 7.10. The topological polar surface area (TPSA) is 34.9 Å². The SMILES string of the molecule is C#CCn1c(-c2cccc(C)c2)nc2sc(C)c(-c3ccc(C)cc3)c2c1=O.